The fourth-order valence-corrected chi connectivity index (χ4v) is 3.10. The molecule has 1 heterocycles. The summed E-state index contributed by atoms with van der Waals surface area (Å²) in [5.41, 5.74) is 2.36. The van der Waals surface area contributed by atoms with Gasteiger partial charge in [-0.15, -0.1) is 5.10 Å². The first-order valence-electron chi connectivity index (χ1n) is 7.43. The van der Waals surface area contributed by atoms with Gasteiger partial charge in [0.25, 0.3) is 0 Å². The van der Waals surface area contributed by atoms with Gasteiger partial charge in [-0.25, -0.2) is 4.68 Å². The predicted octanol–water partition coefficient (Wildman–Crippen LogP) is 2.07. The lowest BCUT2D eigenvalue weighted by molar-refractivity contribution is 0.0132. The molecule has 0 radical (unpaired) electrons. The van der Waals surface area contributed by atoms with Gasteiger partial charge in [0.2, 0.25) is 0 Å². The molecular weight excluding hydrogens is 266 g/mol. The van der Waals surface area contributed by atoms with Gasteiger partial charge in [-0.05, 0) is 42.5 Å². The Morgan fingerprint density at radius 3 is 3.00 bits per heavy atom. The average Bonchev–Trinajstić information content (AvgIpc) is 2.96. The third-order valence-electron chi connectivity index (χ3n) is 4.23. The summed E-state index contributed by atoms with van der Waals surface area (Å²) < 4.78 is 7.11. The zero-order valence-electron chi connectivity index (χ0n) is 12.5. The number of hydrogen-bond donors (Lipinski definition) is 1. The average molecular weight is 287 g/mol. The smallest absolute Gasteiger partial charge is 0.119 e. The van der Waals surface area contributed by atoms with Gasteiger partial charge in [0, 0.05) is 13.0 Å². The molecule has 2 aromatic rings. The van der Waals surface area contributed by atoms with Crippen molar-refractivity contribution in [1.82, 2.24) is 15.0 Å². The van der Waals surface area contributed by atoms with Crippen LogP contribution in [0.15, 0.2) is 24.4 Å². The monoisotopic (exact) mass is 287 g/mol. The molecule has 1 aliphatic rings. The van der Waals surface area contributed by atoms with Gasteiger partial charge in [0.05, 0.1) is 19.0 Å². The highest BCUT2D eigenvalue weighted by molar-refractivity contribution is 5.39. The van der Waals surface area contributed by atoms with Crippen molar-refractivity contribution >= 4 is 0 Å². The molecule has 0 bridgehead atoms. The summed E-state index contributed by atoms with van der Waals surface area (Å²) in [7, 11) is 1.66. The topological polar surface area (TPSA) is 60.2 Å². The Morgan fingerprint density at radius 2 is 2.24 bits per heavy atom. The third-order valence-corrected chi connectivity index (χ3v) is 4.23. The number of rotatable bonds is 4. The van der Waals surface area contributed by atoms with Crippen molar-refractivity contribution in [3.05, 3.63) is 41.2 Å². The molecule has 1 atom stereocenters. The van der Waals surface area contributed by atoms with Crippen molar-refractivity contribution in [1.29, 1.82) is 0 Å². The first kappa shape index (κ1) is 14.1. The van der Waals surface area contributed by atoms with Crippen LogP contribution in [0.5, 0.6) is 5.75 Å². The second-order valence-corrected chi connectivity index (χ2v) is 5.69. The lowest BCUT2D eigenvalue weighted by Crippen LogP contribution is -2.35. The lowest BCUT2D eigenvalue weighted by atomic mass is 9.78. The molecule has 1 N–H and O–H groups in total. The summed E-state index contributed by atoms with van der Waals surface area (Å²) in [6.45, 7) is 2.87. The molecule has 0 saturated carbocycles. The van der Waals surface area contributed by atoms with Crippen LogP contribution < -0.4 is 4.74 Å². The van der Waals surface area contributed by atoms with Gasteiger partial charge in [-0.3, -0.25) is 0 Å². The van der Waals surface area contributed by atoms with E-state index in [1.54, 1.807) is 13.3 Å². The number of aromatic nitrogens is 3. The molecule has 0 aliphatic heterocycles. The van der Waals surface area contributed by atoms with Crippen molar-refractivity contribution in [3.63, 3.8) is 0 Å². The number of nitrogens with zero attached hydrogens (tertiary/aromatic N) is 3. The van der Waals surface area contributed by atoms with E-state index in [2.05, 4.69) is 23.3 Å². The molecule has 5 heteroatoms. The fraction of sp³-hybridized carbons (Fsp3) is 0.500. The van der Waals surface area contributed by atoms with Crippen LogP contribution >= 0.6 is 0 Å². The number of fused-ring (bicyclic) bond motifs is 1. The van der Waals surface area contributed by atoms with E-state index in [4.69, 9.17) is 4.74 Å². The molecule has 0 amide bonds. The van der Waals surface area contributed by atoms with Crippen molar-refractivity contribution in [2.24, 2.45) is 0 Å². The van der Waals surface area contributed by atoms with Crippen LogP contribution in [0, 0.1) is 0 Å². The predicted molar refractivity (Wildman–Crippen MR) is 79.2 cm³/mol. The van der Waals surface area contributed by atoms with Crippen molar-refractivity contribution in [2.75, 3.05) is 7.11 Å². The van der Waals surface area contributed by atoms with Crippen LogP contribution in [0.25, 0.3) is 0 Å². The van der Waals surface area contributed by atoms with Crippen molar-refractivity contribution in [3.8, 4) is 5.75 Å². The lowest BCUT2D eigenvalue weighted by Gasteiger charge is -2.33. The first-order valence-corrected chi connectivity index (χ1v) is 7.43. The second-order valence-electron chi connectivity index (χ2n) is 5.69. The van der Waals surface area contributed by atoms with Crippen LogP contribution in [0.2, 0.25) is 0 Å². The maximum absolute atomic E-state index is 11.1. The Morgan fingerprint density at radius 1 is 1.38 bits per heavy atom. The minimum absolute atomic E-state index is 0.580. The van der Waals surface area contributed by atoms with Crippen molar-refractivity contribution in [2.45, 2.75) is 44.8 Å². The zero-order chi connectivity index (χ0) is 14.9. The first-order chi connectivity index (χ1) is 10.2. The Kier molecular flexibility index (Phi) is 3.68. The quantitative estimate of drug-likeness (QED) is 0.935. The second kappa shape index (κ2) is 5.48. The molecule has 3 rings (SSSR count). The van der Waals surface area contributed by atoms with E-state index in [0.29, 0.717) is 12.8 Å². The Labute approximate surface area is 124 Å². The van der Waals surface area contributed by atoms with Crippen LogP contribution in [-0.4, -0.2) is 27.2 Å². The molecule has 1 aromatic carbocycles. The number of ether oxygens (including phenoxy) is 1. The van der Waals surface area contributed by atoms with Crippen LogP contribution in [0.4, 0.5) is 0 Å². The number of aryl methyl sites for hydroxylation is 2. The van der Waals surface area contributed by atoms with Gasteiger partial charge in [-0.2, -0.15) is 0 Å². The van der Waals surface area contributed by atoms with Gasteiger partial charge in [0.15, 0.2) is 0 Å². The van der Waals surface area contributed by atoms with Crippen LogP contribution in [0.1, 0.15) is 36.6 Å². The van der Waals surface area contributed by atoms with Crippen molar-refractivity contribution < 1.29 is 9.84 Å². The highest BCUT2D eigenvalue weighted by Crippen LogP contribution is 2.37. The Balaban J connectivity index is 1.94. The maximum Gasteiger partial charge on any atom is 0.119 e. The summed E-state index contributed by atoms with van der Waals surface area (Å²) >= 11 is 0. The molecule has 0 fully saturated rings. The minimum Gasteiger partial charge on any atom is -0.497 e. The largest absolute Gasteiger partial charge is 0.497 e. The molecule has 1 aromatic heterocycles. The molecule has 1 aliphatic carbocycles. The fourth-order valence-electron chi connectivity index (χ4n) is 3.10. The van der Waals surface area contributed by atoms with E-state index in [0.717, 1.165) is 36.4 Å². The van der Waals surface area contributed by atoms with Gasteiger partial charge in [-0.1, -0.05) is 18.2 Å². The Hall–Kier alpha value is -1.88. The molecule has 1 unspecified atom stereocenters. The third kappa shape index (κ3) is 2.53. The number of methoxy groups -OCH3 is 1. The van der Waals surface area contributed by atoms with E-state index >= 15 is 0 Å². The number of benzene rings is 1. The zero-order valence-corrected chi connectivity index (χ0v) is 12.5. The van der Waals surface area contributed by atoms with Crippen LogP contribution in [-0.2, 0) is 25.0 Å². The maximum atomic E-state index is 11.1. The standard InChI is InChI=1S/C16H21N3O2/c1-3-8-19-15(11-17-18-19)16(20)7-6-12-4-5-14(21-2)9-13(12)10-16/h4-5,9,11,20H,3,6-8,10H2,1-2H3. The summed E-state index contributed by atoms with van der Waals surface area (Å²) in [6, 6.07) is 6.09. The molecule has 0 saturated heterocycles. The molecule has 0 spiro atoms. The molecule has 5 nitrogen and oxygen atoms in total. The number of hydrogen-bond acceptors (Lipinski definition) is 4. The highest BCUT2D eigenvalue weighted by Gasteiger charge is 2.37. The molecule has 21 heavy (non-hydrogen) atoms. The van der Waals surface area contributed by atoms with Gasteiger partial charge < -0.3 is 9.84 Å². The summed E-state index contributed by atoms with van der Waals surface area (Å²) in [5, 5.41) is 19.2. The van der Waals surface area contributed by atoms with E-state index < -0.39 is 5.60 Å². The van der Waals surface area contributed by atoms with Gasteiger partial charge >= 0.3 is 0 Å². The summed E-state index contributed by atoms with van der Waals surface area (Å²) in [6.07, 6.45) is 4.80. The minimum atomic E-state index is -0.891. The number of aliphatic hydroxyl groups is 1. The normalized spacial score (nSPS) is 21.1. The molecule has 112 valence electrons. The van der Waals surface area contributed by atoms with E-state index in [1.807, 2.05) is 16.8 Å². The van der Waals surface area contributed by atoms with Gasteiger partial charge in [0.1, 0.15) is 11.4 Å². The van der Waals surface area contributed by atoms with E-state index in [9.17, 15) is 5.11 Å². The molecular formula is C16H21N3O2. The van der Waals surface area contributed by atoms with E-state index in [-0.39, 0.29) is 0 Å². The van der Waals surface area contributed by atoms with Crippen LogP contribution in [0.3, 0.4) is 0 Å². The summed E-state index contributed by atoms with van der Waals surface area (Å²) in [4.78, 5) is 0. The highest BCUT2D eigenvalue weighted by atomic mass is 16.5. The summed E-state index contributed by atoms with van der Waals surface area (Å²) in [5.74, 6) is 0.832. The Bertz CT molecular complexity index is 638. The SMILES string of the molecule is CCCn1nncc1C1(O)CCc2ccc(OC)cc2C1. The van der Waals surface area contributed by atoms with E-state index in [1.165, 1.54) is 5.56 Å².